The molecule has 0 radical (unpaired) electrons. The van der Waals surface area contributed by atoms with Gasteiger partial charge in [0.25, 0.3) is 0 Å². The Morgan fingerprint density at radius 3 is 2.57 bits per heavy atom. The highest BCUT2D eigenvalue weighted by atomic mass is 32.2. The molecule has 0 aliphatic carbocycles. The molecule has 0 spiro atoms. The van der Waals surface area contributed by atoms with E-state index in [2.05, 4.69) is 21.5 Å². The number of sulfonamides is 1. The number of nitrogens with one attached hydrogen (secondary N) is 1. The van der Waals surface area contributed by atoms with E-state index in [9.17, 15) is 8.42 Å². The van der Waals surface area contributed by atoms with Gasteiger partial charge in [0.1, 0.15) is 18.1 Å². The van der Waals surface area contributed by atoms with E-state index >= 15 is 0 Å². The Kier molecular flexibility index (Phi) is 5.97. The fraction of sp³-hybridized carbons (Fsp3) is 0.188. The maximum atomic E-state index is 12.0. The molecule has 7 heteroatoms. The van der Waals surface area contributed by atoms with Crippen molar-refractivity contribution in [2.45, 2.75) is 4.90 Å². The molecule has 0 atom stereocenters. The van der Waals surface area contributed by atoms with E-state index in [0.717, 1.165) is 0 Å². The molecule has 0 unspecified atom stereocenters. The highest BCUT2D eigenvalue weighted by Gasteiger charge is 2.12. The third kappa shape index (κ3) is 5.29. The summed E-state index contributed by atoms with van der Waals surface area (Å²) in [4.78, 5) is 4.06. The number of pyridine rings is 1. The molecule has 0 aliphatic rings. The minimum absolute atomic E-state index is 0.00472. The van der Waals surface area contributed by atoms with Crippen LogP contribution in [0.5, 0.6) is 11.5 Å². The summed E-state index contributed by atoms with van der Waals surface area (Å²) in [6, 6.07) is 9.64. The molecule has 0 bridgehead atoms. The maximum Gasteiger partial charge on any atom is 0.241 e. The maximum absolute atomic E-state index is 12.0. The summed E-state index contributed by atoms with van der Waals surface area (Å²) in [5.41, 5.74) is 0. The van der Waals surface area contributed by atoms with Gasteiger partial charge in [-0.05, 0) is 36.4 Å². The molecular formula is C16H16N2O4S. The summed E-state index contributed by atoms with van der Waals surface area (Å²) in [6.07, 6.45) is 3.22. The lowest BCUT2D eigenvalue weighted by molar-refractivity contribution is 0.368. The Bertz CT molecular complexity index is 778. The number of aromatic nitrogens is 1. The summed E-state index contributed by atoms with van der Waals surface area (Å²) >= 11 is 0. The average Bonchev–Trinajstić information content (AvgIpc) is 2.59. The Morgan fingerprint density at radius 1 is 1.13 bits per heavy atom. The topological polar surface area (TPSA) is 77.5 Å². The van der Waals surface area contributed by atoms with Gasteiger partial charge in [0.15, 0.2) is 0 Å². The second-order valence-corrected chi connectivity index (χ2v) is 6.10. The van der Waals surface area contributed by atoms with Crippen molar-refractivity contribution in [1.29, 1.82) is 0 Å². The van der Waals surface area contributed by atoms with Gasteiger partial charge in [0.2, 0.25) is 10.0 Å². The number of ether oxygens (including phenoxy) is 2. The minimum Gasteiger partial charge on any atom is -0.497 e. The third-order valence-corrected chi connectivity index (χ3v) is 4.21. The van der Waals surface area contributed by atoms with Crippen molar-refractivity contribution in [3.8, 4) is 23.3 Å². The second kappa shape index (κ2) is 8.17. The number of nitrogens with zero attached hydrogens (tertiary/aromatic N) is 1. The van der Waals surface area contributed by atoms with Crippen LogP contribution in [-0.4, -0.2) is 33.7 Å². The van der Waals surface area contributed by atoms with E-state index in [1.165, 1.54) is 19.2 Å². The molecule has 1 aromatic heterocycles. The standard InChI is InChI=1S/C16H16N2O4S/c1-21-14-6-8-16(9-7-14)23(19,20)18-11-2-3-12-22-15-5-4-10-17-13-15/h4-10,13,18H,11-12H2,1H3. The largest absolute Gasteiger partial charge is 0.497 e. The fourth-order valence-corrected chi connectivity index (χ4v) is 2.56. The molecule has 0 aliphatic heterocycles. The first-order chi connectivity index (χ1) is 11.1. The molecule has 1 aromatic carbocycles. The smallest absolute Gasteiger partial charge is 0.241 e. The van der Waals surface area contributed by atoms with E-state index in [1.807, 2.05) is 0 Å². The average molecular weight is 332 g/mol. The molecule has 6 nitrogen and oxygen atoms in total. The van der Waals surface area contributed by atoms with Crippen molar-refractivity contribution in [2.75, 3.05) is 20.3 Å². The molecule has 2 aromatic rings. The van der Waals surface area contributed by atoms with Crippen LogP contribution in [0.15, 0.2) is 53.7 Å². The van der Waals surface area contributed by atoms with Crippen LogP contribution in [0.3, 0.4) is 0 Å². The summed E-state index contributed by atoms with van der Waals surface area (Å²) in [6.45, 7) is 0.167. The lowest BCUT2D eigenvalue weighted by Gasteiger charge is -2.05. The minimum atomic E-state index is -3.58. The van der Waals surface area contributed by atoms with E-state index < -0.39 is 10.0 Å². The van der Waals surface area contributed by atoms with Crippen molar-refractivity contribution >= 4 is 10.0 Å². The molecular weight excluding hydrogens is 316 g/mol. The fourth-order valence-electron chi connectivity index (χ4n) is 1.63. The van der Waals surface area contributed by atoms with Crippen LogP contribution in [0.1, 0.15) is 0 Å². The monoisotopic (exact) mass is 332 g/mol. The Labute approximate surface area is 135 Å². The Hall–Kier alpha value is -2.56. The molecule has 0 fully saturated rings. The van der Waals surface area contributed by atoms with Crippen molar-refractivity contribution in [3.05, 3.63) is 48.8 Å². The van der Waals surface area contributed by atoms with Crippen LogP contribution in [0.25, 0.3) is 0 Å². The van der Waals surface area contributed by atoms with Gasteiger partial charge >= 0.3 is 0 Å². The Balaban J connectivity index is 1.82. The summed E-state index contributed by atoms with van der Waals surface area (Å²) in [5, 5.41) is 0. The van der Waals surface area contributed by atoms with Crippen molar-refractivity contribution < 1.29 is 17.9 Å². The molecule has 23 heavy (non-hydrogen) atoms. The van der Waals surface area contributed by atoms with Gasteiger partial charge in [-0.3, -0.25) is 4.98 Å². The zero-order chi connectivity index (χ0) is 16.5. The summed E-state index contributed by atoms with van der Waals surface area (Å²) in [5.74, 6) is 6.63. The predicted molar refractivity (Wildman–Crippen MR) is 85.7 cm³/mol. The van der Waals surface area contributed by atoms with Crippen LogP contribution in [-0.2, 0) is 10.0 Å². The molecule has 1 N–H and O–H groups in total. The van der Waals surface area contributed by atoms with Gasteiger partial charge in [-0.1, -0.05) is 11.8 Å². The van der Waals surface area contributed by atoms with Gasteiger partial charge in [-0.15, -0.1) is 0 Å². The van der Waals surface area contributed by atoms with Gasteiger partial charge in [-0.2, -0.15) is 4.72 Å². The summed E-state index contributed by atoms with van der Waals surface area (Å²) in [7, 11) is -2.06. The van der Waals surface area contributed by atoms with E-state index in [1.54, 1.807) is 36.7 Å². The van der Waals surface area contributed by atoms with Crippen LogP contribution >= 0.6 is 0 Å². The molecule has 1 heterocycles. The number of hydrogen-bond donors (Lipinski definition) is 1. The molecule has 120 valence electrons. The first-order valence-corrected chi connectivity index (χ1v) is 8.22. The van der Waals surface area contributed by atoms with Crippen LogP contribution in [0, 0.1) is 11.8 Å². The SMILES string of the molecule is COc1ccc(S(=O)(=O)NCC#CCOc2cccnc2)cc1. The highest BCUT2D eigenvalue weighted by Crippen LogP contribution is 2.14. The zero-order valence-electron chi connectivity index (χ0n) is 12.5. The molecule has 2 rings (SSSR count). The van der Waals surface area contributed by atoms with Gasteiger partial charge in [0.05, 0.1) is 24.7 Å². The number of benzene rings is 1. The summed E-state index contributed by atoms with van der Waals surface area (Å²) < 4.78 is 36.8. The highest BCUT2D eigenvalue weighted by molar-refractivity contribution is 7.89. The molecule has 0 amide bonds. The first-order valence-electron chi connectivity index (χ1n) is 6.74. The Morgan fingerprint density at radius 2 is 1.91 bits per heavy atom. The van der Waals surface area contributed by atoms with Crippen molar-refractivity contribution in [2.24, 2.45) is 0 Å². The molecule has 0 saturated carbocycles. The van der Waals surface area contributed by atoms with Crippen LogP contribution in [0.4, 0.5) is 0 Å². The number of rotatable bonds is 6. The number of methoxy groups -OCH3 is 1. The second-order valence-electron chi connectivity index (χ2n) is 4.33. The van der Waals surface area contributed by atoms with Gasteiger partial charge in [0, 0.05) is 6.20 Å². The van der Waals surface area contributed by atoms with Gasteiger partial charge < -0.3 is 9.47 Å². The van der Waals surface area contributed by atoms with Crippen LogP contribution in [0.2, 0.25) is 0 Å². The van der Waals surface area contributed by atoms with Crippen LogP contribution < -0.4 is 14.2 Å². The normalized spacial score (nSPS) is 10.5. The lowest BCUT2D eigenvalue weighted by Crippen LogP contribution is -2.24. The van der Waals surface area contributed by atoms with E-state index in [0.29, 0.717) is 11.5 Å². The van der Waals surface area contributed by atoms with Gasteiger partial charge in [-0.25, -0.2) is 8.42 Å². The predicted octanol–water partition coefficient (Wildman–Crippen LogP) is 1.45. The zero-order valence-corrected chi connectivity index (χ0v) is 13.3. The van der Waals surface area contributed by atoms with Crippen molar-refractivity contribution in [3.63, 3.8) is 0 Å². The van der Waals surface area contributed by atoms with E-state index in [-0.39, 0.29) is 18.0 Å². The number of hydrogen-bond acceptors (Lipinski definition) is 5. The third-order valence-electron chi connectivity index (χ3n) is 2.79. The first kappa shape index (κ1) is 16.8. The van der Waals surface area contributed by atoms with E-state index in [4.69, 9.17) is 9.47 Å². The lowest BCUT2D eigenvalue weighted by atomic mass is 10.3. The van der Waals surface area contributed by atoms with Crippen molar-refractivity contribution in [1.82, 2.24) is 9.71 Å². The molecule has 0 saturated heterocycles. The quantitative estimate of drug-likeness (QED) is 0.810.